The molecule has 7 nitrogen and oxygen atoms in total. The number of anilines is 1. The molecule has 0 amide bonds. The highest BCUT2D eigenvalue weighted by atomic mass is 16.7. The van der Waals surface area contributed by atoms with Crippen molar-refractivity contribution in [2.45, 2.75) is 45.8 Å². The van der Waals surface area contributed by atoms with E-state index in [9.17, 15) is 0 Å². The van der Waals surface area contributed by atoms with E-state index in [1.165, 1.54) is 0 Å². The van der Waals surface area contributed by atoms with Crippen LogP contribution in [-0.4, -0.2) is 39.6 Å². The average Bonchev–Trinajstić information content (AvgIpc) is 3.32. The van der Waals surface area contributed by atoms with E-state index in [2.05, 4.69) is 39.9 Å². The number of nitrogens with zero attached hydrogens (tertiary/aromatic N) is 3. The monoisotopic (exact) mass is 432 g/mol. The Labute approximate surface area is 187 Å². The van der Waals surface area contributed by atoms with E-state index in [-0.39, 0.29) is 6.10 Å². The fourth-order valence-electron chi connectivity index (χ4n) is 4.32. The van der Waals surface area contributed by atoms with Gasteiger partial charge in [0.15, 0.2) is 11.6 Å². The molecule has 32 heavy (non-hydrogen) atoms. The lowest BCUT2D eigenvalue weighted by Gasteiger charge is -2.18. The second kappa shape index (κ2) is 8.16. The van der Waals surface area contributed by atoms with Crippen molar-refractivity contribution in [1.29, 1.82) is 0 Å². The Kier molecular flexibility index (Phi) is 5.33. The van der Waals surface area contributed by atoms with Crippen LogP contribution in [0.4, 0.5) is 5.82 Å². The molecule has 0 radical (unpaired) electrons. The molecule has 0 bridgehead atoms. The molecule has 166 valence electrons. The van der Waals surface area contributed by atoms with Crippen LogP contribution in [0.5, 0.6) is 0 Å². The average molecular weight is 433 g/mol. The van der Waals surface area contributed by atoms with Crippen LogP contribution < -0.4 is 5.73 Å². The van der Waals surface area contributed by atoms with Crippen molar-refractivity contribution < 1.29 is 14.2 Å². The van der Waals surface area contributed by atoms with Gasteiger partial charge in [0.1, 0.15) is 24.1 Å². The molecule has 7 heteroatoms. The minimum absolute atomic E-state index is 0.0872. The summed E-state index contributed by atoms with van der Waals surface area (Å²) in [5.74, 6) is 0.635. The van der Waals surface area contributed by atoms with Gasteiger partial charge in [0.05, 0.1) is 24.2 Å². The van der Waals surface area contributed by atoms with E-state index in [0.717, 1.165) is 33.4 Å². The molecule has 1 aliphatic rings. The van der Waals surface area contributed by atoms with Crippen LogP contribution >= 0.6 is 0 Å². The van der Waals surface area contributed by atoms with E-state index in [4.69, 9.17) is 24.9 Å². The van der Waals surface area contributed by atoms with Crippen LogP contribution in [0, 0.1) is 0 Å². The zero-order valence-electron chi connectivity index (χ0n) is 18.7. The largest absolute Gasteiger partial charge is 0.382 e. The van der Waals surface area contributed by atoms with E-state index >= 15 is 0 Å². The molecule has 1 unspecified atom stereocenters. The first-order chi connectivity index (χ1) is 15.4. The number of rotatable bonds is 6. The highest BCUT2D eigenvalue weighted by Gasteiger charge is 2.33. The third-order valence-corrected chi connectivity index (χ3v) is 5.78. The van der Waals surface area contributed by atoms with Gasteiger partial charge in [0.2, 0.25) is 0 Å². The van der Waals surface area contributed by atoms with Crippen LogP contribution in [0.3, 0.4) is 0 Å². The molecule has 0 spiro atoms. The summed E-state index contributed by atoms with van der Waals surface area (Å²) in [6.45, 7) is 7.96. The first-order valence-corrected chi connectivity index (χ1v) is 11.0. The summed E-state index contributed by atoms with van der Waals surface area (Å²) in [6, 6.07) is 16.6. The van der Waals surface area contributed by atoms with Gasteiger partial charge < -0.3 is 24.5 Å². The van der Waals surface area contributed by atoms with Gasteiger partial charge in [-0.3, -0.25) is 0 Å². The summed E-state index contributed by atoms with van der Waals surface area (Å²) in [5, 5.41) is 1.00. The van der Waals surface area contributed by atoms with Gasteiger partial charge >= 0.3 is 0 Å². The van der Waals surface area contributed by atoms with Crippen molar-refractivity contribution in [2.24, 2.45) is 0 Å². The maximum Gasteiger partial charge on any atom is 0.163 e. The lowest BCUT2D eigenvalue weighted by atomic mass is 10.0. The molecule has 1 atom stereocenters. The van der Waals surface area contributed by atoms with Crippen molar-refractivity contribution in [3.63, 3.8) is 0 Å². The molecule has 3 heterocycles. The number of nitrogens with two attached hydrogens (primary N) is 1. The topological polar surface area (TPSA) is 84.4 Å². The Hall–Kier alpha value is -3.00. The number of nitrogen functional groups attached to an aromatic ring is 1. The van der Waals surface area contributed by atoms with E-state index < -0.39 is 5.79 Å². The standard InChI is InChI=1S/C25H28N4O3/c1-4-30-15-21-28-22-23(29(21)13-18-14-31-25(2,3)32-18)19-11-10-17(12-20(19)27-24(22)26)16-8-6-5-7-9-16/h5-12,18H,4,13-15H2,1-3H3,(H2,26,27). The lowest BCUT2D eigenvalue weighted by molar-refractivity contribution is -0.139. The first-order valence-electron chi connectivity index (χ1n) is 11.0. The minimum Gasteiger partial charge on any atom is -0.382 e. The molecule has 5 rings (SSSR count). The molecule has 0 aliphatic carbocycles. The normalized spacial score (nSPS) is 18.0. The van der Waals surface area contributed by atoms with Gasteiger partial charge in [0, 0.05) is 12.0 Å². The second-order valence-electron chi connectivity index (χ2n) is 8.52. The summed E-state index contributed by atoms with van der Waals surface area (Å²) in [6.07, 6.45) is -0.0872. The molecule has 2 N–H and O–H groups in total. The van der Waals surface area contributed by atoms with E-state index in [1.54, 1.807) is 0 Å². The Morgan fingerprint density at radius 3 is 2.66 bits per heavy atom. The molecular formula is C25H28N4O3. The highest BCUT2D eigenvalue weighted by Crippen LogP contribution is 2.33. The number of fused-ring (bicyclic) bond motifs is 3. The van der Waals surface area contributed by atoms with Gasteiger partial charge in [-0.2, -0.15) is 0 Å². The van der Waals surface area contributed by atoms with E-state index in [1.807, 2.05) is 39.0 Å². The van der Waals surface area contributed by atoms with Crippen molar-refractivity contribution in [1.82, 2.24) is 14.5 Å². The Morgan fingerprint density at radius 2 is 1.94 bits per heavy atom. The molecule has 2 aromatic carbocycles. The maximum absolute atomic E-state index is 6.39. The smallest absolute Gasteiger partial charge is 0.163 e. The Morgan fingerprint density at radius 1 is 1.12 bits per heavy atom. The van der Waals surface area contributed by atoms with Gasteiger partial charge in [-0.25, -0.2) is 9.97 Å². The SMILES string of the molecule is CCOCc1nc2c(N)nc3cc(-c4ccccc4)ccc3c2n1CC1COC(C)(C)O1. The fourth-order valence-corrected chi connectivity index (χ4v) is 4.32. The summed E-state index contributed by atoms with van der Waals surface area (Å²) >= 11 is 0. The number of pyridine rings is 1. The van der Waals surface area contributed by atoms with Crippen molar-refractivity contribution >= 4 is 27.8 Å². The number of ether oxygens (including phenoxy) is 3. The third kappa shape index (κ3) is 3.83. The highest BCUT2D eigenvalue weighted by molar-refractivity contribution is 6.07. The van der Waals surface area contributed by atoms with Gasteiger partial charge in [-0.05, 0) is 38.0 Å². The van der Waals surface area contributed by atoms with Crippen molar-refractivity contribution in [2.75, 3.05) is 18.9 Å². The second-order valence-corrected chi connectivity index (χ2v) is 8.52. The fraction of sp³-hybridized carbons (Fsp3) is 0.360. The van der Waals surface area contributed by atoms with Crippen LogP contribution in [0.1, 0.15) is 26.6 Å². The minimum atomic E-state index is -0.589. The molecular weight excluding hydrogens is 404 g/mol. The Balaban J connectivity index is 1.66. The maximum atomic E-state index is 6.39. The predicted molar refractivity (Wildman–Crippen MR) is 125 cm³/mol. The first kappa shape index (κ1) is 20.9. The summed E-state index contributed by atoms with van der Waals surface area (Å²) in [5.41, 5.74) is 11.1. The van der Waals surface area contributed by atoms with Crippen molar-refractivity contribution in [3.05, 3.63) is 54.4 Å². The zero-order valence-corrected chi connectivity index (χ0v) is 18.7. The van der Waals surface area contributed by atoms with Gasteiger partial charge in [-0.1, -0.05) is 42.5 Å². The number of imidazole rings is 1. The number of hydrogen-bond acceptors (Lipinski definition) is 6. The van der Waals surface area contributed by atoms with Crippen LogP contribution in [0.15, 0.2) is 48.5 Å². The van der Waals surface area contributed by atoms with Crippen molar-refractivity contribution in [3.8, 4) is 11.1 Å². The van der Waals surface area contributed by atoms with Gasteiger partial charge in [-0.15, -0.1) is 0 Å². The number of benzene rings is 2. The summed E-state index contributed by atoms with van der Waals surface area (Å²) in [4.78, 5) is 9.50. The third-order valence-electron chi connectivity index (χ3n) is 5.78. The molecule has 1 fully saturated rings. The summed E-state index contributed by atoms with van der Waals surface area (Å²) in [7, 11) is 0. The molecule has 4 aromatic rings. The Bertz CT molecular complexity index is 1270. The molecule has 1 aliphatic heterocycles. The van der Waals surface area contributed by atoms with Gasteiger partial charge in [0.25, 0.3) is 0 Å². The lowest BCUT2D eigenvalue weighted by Crippen LogP contribution is -2.25. The predicted octanol–water partition coefficient (Wildman–Crippen LogP) is 4.52. The number of aromatic nitrogens is 3. The van der Waals surface area contributed by atoms with Crippen LogP contribution in [0.2, 0.25) is 0 Å². The molecule has 0 saturated carbocycles. The van der Waals surface area contributed by atoms with Crippen LogP contribution in [0.25, 0.3) is 33.1 Å². The zero-order chi connectivity index (χ0) is 22.3. The summed E-state index contributed by atoms with van der Waals surface area (Å²) < 4.78 is 19.7. The number of hydrogen-bond donors (Lipinski definition) is 1. The molecule has 2 aromatic heterocycles. The van der Waals surface area contributed by atoms with Crippen LogP contribution in [-0.2, 0) is 27.4 Å². The molecule has 1 saturated heterocycles. The quantitative estimate of drug-likeness (QED) is 0.482. The van der Waals surface area contributed by atoms with E-state index in [0.29, 0.717) is 37.7 Å².